The number of aromatic nitrogens is 2. The summed E-state index contributed by atoms with van der Waals surface area (Å²) in [5.74, 6) is -1.29. The monoisotopic (exact) mass is 363 g/mol. The number of halogens is 3. The lowest BCUT2D eigenvalue weighted by Crippen LogP contribution is -2.40. The summed E-state index contributed by atoms with van der Waals surface area (Å²) in [6.07, 6.45) is -1.43. The molecule has 1 aromatic rings. The number of unbranched alkanes of at least 4 members (excludes halogenated alkanes) is 2. The summed E-state index contributed by atoms with van der Waals surface area (Å²) in [4.78, 5) is 22.6. The molecule has 0 aliphatic heterocycles. The van der Waals surface area contributed by atoms with Crippen LogP contribution >= 0.6 is 0 Å². The molecule has 0 aliphatic rings. The molecule has 1 aromatic heterocycles. The highest BCUT2D eigenvalue weighted by Crippen LogP contribution is 2.26. The van der Waals surface area contributed by atoms with Gasteiger partial charge in [0.25, 0.3) is 0 Å². The molecule has 0 saturated carbocycles. The summed E-state index contributed by atoms with van der Waals surface area (Å²) in [6.45, 7) is 1.79. The summed E-state index contributed by atoms with van der Waals surface area (Å²) in [5.41, 5.74) is 3.49. The first-order chi connectivity index (χ1) is 11.8. The Morgan fingerprint density at radius 3 is 2.60 bits per heavy atom. The summed E-state index contributed by atoms with van der Waals surface area (Å²) in [6, 6.07) is 1.74. The molecule has 8 nitrogen and oxygen atoms in total. The van der Waals surface area contributed by atoms with E-state index in [9.17, 15) is 28.0 Å². The molecule has 0 unspecified atom stereocenters. The highest BCUT2D eigenvalue weighted by Gasteiger charge is 2.32. The van der Waals surface area contributed by atoms with Gasteiger partial charge in [0.15, 0.2) is 11.5 Å². The van der Waals surface area contributed by atoms with Crippen LogP contribution in [0.4, 0.5) is 19.0 Å². The van der Waals surface area contributed by atoms with Crippen LogP contribution in [0.5, 0.6) is 0 Å². The Morgan fingerprint density at radius 1 is 1.36 bits per heavy atom. The van der Waals surface area contributed by atoms with Crippen LogP contribution in [-0.2, 0) is 15.8 Å². The molecule has 1 atom stereocenters. The molecule has 11 heteroatoms. The van der Waals surface area contributed by atoms with Crippen LogP contribution in [0.2, 0.25) is 0 Å². The first kappa shape index (κ1) is 20.6. The standard InChI is InChI=1S/C14H20F3N5O3/c1-2-3-4-5-10(8-22(25)9-23)13(24)21-20-12-7-6-11(18-19-12)14(15,16)17/h6-7,9-10,25H,2-5,8H2,1H3,(H,19,20)(H,21,24)/t10-/m1/s1. The Bertz CT molecular complexity index is 554. The third-order valence-electron chi connectivity index (χ3n) is 3.32. The van der Waals surface area contributed by atoms with Crippen LogP contribution in [0.15, 0.2) is 12.1 Å². The first-order valence-electron chi connectivity index (χ1n) is 7.65. The number of hydrogen-bond donors (Lipinski definition) is 3. The molecule has 25 heavy (non-hydrogen) atoms. The normalized spacial score (nSPS) is 12.4. The fraction of sp³-hybridized carbons (Fsp3) is 0.571. The van der Waals surface area contributed by atoms with Crippen LogP contribution in [0.3, 0.4) is 0 Å². The minimum absolute atomic E-state index is 0.0788. The predicted octanol–water partition coefficient (Wildman–Crippen LogP) is 1.98. The van der Waals surface area contributed by atoms with E-state index in [0.717, 1.165) is 31.4 Å². The van der Waals surface area contributed by atoms with Gasteiger partial charge >= 0.3 is 6.18 Å². The molecule has 0 aliphatic carbocycles. The van der Waals surface area contributed by atoms with E-state index >= 15 is 0 Å². The number of rotatable bonds is 10. The van der Waals surface area contributed by atoms with Crippen molar-refractivity contribution in [1.82, 2.24) is 20.7 Å². The summed E-state index contributed by atoms with van der Waals surface area (Å²) in [7, 11) is 0. The molecule has 3 N–H and O–H groups in total. The van der Waals surface area contributed by atoms with E-state index in [0.29, 0.717) is 11.5 Å². The van der Waals surface area contributed by atoms with Crippen molar-refractivity contribution in [1.29, 1.82) is 0 Å². The third kappa shape index (κ3) is 7.33. The zero-order valence-electron chi connectivity index (χ0n) is 13.6. The molecule has 0 fully saturated rings. The van der Waals surface area contributed by atoms with Gasteiger partial charge in [0.05, 0.1) is 12.5 Å². The first-order valence-corrected chi connectivity index (χ1v) is 7.65. The minimum Gasteiger partial charge on any atom is -0.286 e. The van der Waals surface area contributed by atoms with Crippen molar-refractivity contribution < 1.29 is 28.0 Å². The van der Waals surface area contributed by atoms with Crippen molar-refractivity contribution in [2.24, 2.45) is 5.92 Å². The van der Waals surface area contributed by atoms with Gasteiger partial charge in [-0.2, -0.15) is 13.2 Å². The average Bonchev–Trinajstić information content (AvgIpc) is 2.58. The zero-order chi connectivity index (χ0) is 18.9. The third-order valence-corrected chi connectivity index (χ3v) is 3.32. The van der Waals surface area contributed by atoms with Gasteiger partial charge < -0.3 is 0 Å². The van der Waals surface area contributed by atoms with Gasteiger partial charge in [-0.05, 0) is 18.6 Å². The summed E-state index contributed by atoms with van der Waals surface area (Å²) < 4.78 is 37.2. The maximum atomic E-state index is 12.4. The molecule has 0 saturated heterocycles. The Labute approximate surface area is 142 Å². The number of carbonyl (C=O) groups is 2. The Hall–Kier alpha value is -2.43. The molecule has 2 amide bonds. The van der Waals surface area contributed by atoms with Crippen molar-refractivity contribution in [3.8, 4) is 0 Å². The van der Waals surface area contributed by atoms with E-state index in [-0.39, 0.29) is 18.8 Å². The van der Waals surface area contributed by atoms with Crippen LogP contribution in [-0.4, -0.2) is 39.3 Å². The Kier molecular flexibility index (Phi) is 8.05. The average molecular weight is 363 g/mol. The summed E-state index contributed by atoms with van der Waals surface area (Å²) in [5, 5.41) is 16.0. The number of hydroxylamine groups is 2. The van der Waals surface area contributed by atoms with Gasteiger partial charge in [-0.3, -0.25) is 25.6 Å². The highest BCUT2D eigenvalue weighted by molar-refractivity contribution is 5.80. The van der Waals surface area contributed by atoms with Crippen molar-refractivity contribution in [3.05, 3.63) is 17.8 Å². The van der Waals surface area contributed by atoms with Crippen molar-refractivity contribution >= 4 is 18.1 Å². The van der Waals surface area contributed by atoms with Crippen LogP contribution in [0.1, 0.15) is 38.3 Å². The number of alkyl halides is 3. The molecule has 1 heterocycles. The lowest BCUT2D eigenvalue weighted by molar-refractivity contribution is -0.154. The maximum Gasteiger partial charge on any atom is 0.435 e. The second-order valence-electron chi connectivity index (χ2n) is 5.34. The lowest BCUT2D eigenvalue weighted by atomic mass is 10.0. The quantitative estimate of drug-likeness (QED) is 0.254. The van der Waals surface area contributed by atoms with Gasteiger partial charge in [-0.15, -0.1) is 10.2 Å². The van der Waals surface area contributed by atoms with Gasteiger partial charge in [-0.25, -0.2) is 5.06 Å². The second-order valence-corrected chi connectivity index (χ2v) is 5.34. The number of hydrogen-bond acceptors (Lipinski definition) is 6. The fourth-order valence-electron chi connectivity index (χ4n) is 1.99. The van der Waals surface area contributed by atoms with Crippen LogP contribution in [0.25, 0.3) is 0 Å². The number of nitrogens with zero attached hydrogens (tertiary/aromatic N) is 3. The van der Waals surface area contributed by atoms with Gasteiger partial charge in [0.1, 0.15) is 0 Å². The van der Waals surface area contributed by atoms with Gasteiger partial charge in [-0.1, -0.05) is 26.2 Å². The van der Waals surface area contributed by atoms with E-state index in [1.165, 1.54) is 0 Å². The largest absolute Gasteiger partial charge is 0.435 e. The Balaban J connectivity index is 2.61. The van der Waals surface area contributed by atoms with Crippen molar-refractivity contribution in [2.75, 3.05) is 12.0 Å². The molecule has 140 valence electrons. The number of hydrazine groups is 1. The minimum atomic E-state index is -4.60. The van der Waals surface area contributed by atoms with E-state index in [4.69, 9.17) is 0 Å². The van der Waals surface area contributed by atoms with E-state index in [1.54, 1.807) is 0 Å². The zero-order valence-corrected chi connectivity index (χ0v) is 13.6. The SMILES string of the molecule is CCCCC[C@H](CN(O)C=O)C(=O)NNc1ccc(C(F)(F)F)nn1. The second kappa shape index (κ2) is 9.77. The van der Waals surface area contributed by atoms with Crippen LogP contribution in [0, 0.1) is 5.92 Å². The van der Waals surface area contributed by atoms with Gasteiger partial charge in [0, 0.05) is 0 Å². The topological polar surface area (TPSA) is 107 Å². The molecule has 0 bridgehead atoms. The molecular formula is C14H20F3N5O3. The molecule has 0 radical (unpaired) electrons. The lowest BCUT2D eigenvalue weighted by Gasteiger charge is -2.19. The highest BCUT2D eigenvalue weighted by atomic mass is 19.4. The number of anilines is 1. The smallest absolute Gasteiger partial charge is 0.286 e. The van der Waals surface area contributed by atoms with Crippen LogP contribution < -0.4 is 10.9 Å². The van der Waals surface area contributed by atoms with E-state index in [1.807, 2.05) is 6.92 Å². The predicted molar refractivity (Wildman–Crippen MR) is 81.0 cm³/mol. The van der Waals surface area contributed by atoms with E-state index in [2.05, 4.69) is 21.0 Å². The van der Waals surface area contributed by atoms with Crippen molar-refractivity contribution in [2.45, 2.75) is 38.8 Å². The molecule has 0 spiro atoms. The van der Waals surface area contributed by atoms with E-state index < -0.39 is 23.7 Å². The molecule has 1 rings (SSSR count). The number of amides is 2. The Morgan fingerprint density at radius 2 is 2.08 bits per heavy atom. The number of nitrogens with one attached hydrogen (secondary N) is 2. The van der Waals surface area contributed by atoms with Gasteiger partial charge in [0.2, 0.25) is 12.3 Å². The summed E-state index contributed by atoms with van der Waals surface area (Å²) >= 11 is 0. The fourth-order valence-corrected chi connectivity index (χ4v) is 1.99. The molecule has 0 aromatic carbocycles. The maximum absolute atomic E-state index is 12.4. The van der Waals surface area contributed by atoms with Crippen molar-refractivity contribution in [3.63, 3.8) is 0 Å². The molecular weight excluding hydrogens is 343 g/mol. The number of carbonyl (C=O) groups excluding carboxylic acids is 2.